The number of fused-ring (bicyclic) bond motifs is 1. The van der Waals surface area contributed by atoms with E-state index < -0.39 is 15.8 Å². The standard InChI is InChI=1S/C20H23FN2O3S2/c1-3-11-23(18-8-5-4-7-17(18)21)28(25,26)16-9-10-20-19(14-16)22(15(2)24)12-6-13-27-20/h4-5,7-10,14H,3,6,11-13H2,1-2H3. The predicted molar refractivity (Wildman–Crippen MR) is 111 cm³/mol. The number of thioether (sulfide) groups is 1. The molecular weight excluding hydrogens is 399 g/mol. The van der Waals surface area contributed by atoms with Crippen molar-refractivity contribution in [1.82, 2.24) is 0 Å². The van der Waals surface area contributed by atoms with Crippen molar-refractivity contribution < 1.29 is 17.6 Å². The van der Waals surface area contributed by atoms with Gasteiger partial charge in [-0.05, 0) is 48.9 Å². The molecule has 28 heavy (non-hydrogen) atoms. The average molecular weight is 423 g/mol. The number of hydrogen-bond donors (Lipinski definition) is 0. The monoisotopic (exact) mass is 422 g/mol. The van der Waals surface area contributed by atoms with Crippen LogP contribution >= 0.6 is 11.8 Å². The van der Waals surface area contributed by atoms with Gasteiger partial charge in [0.15, 0.2) is 0 Å². The van der Waals surface area contributed by atoms with E-state index in [1.54, 1.807) is 28.8 Å². The van der Waals surface area contributed by atoms with Crippen molar-refractivity contribution in [3.8, 4) is 0 Å². The van der Waals surface area contributed by atoms with E-state index in [0.29, 0.717) is 18.7 Å². The molecule has 0 radical (unpaired) electrons. The zero-order chi connectivity index (χ0) is 20.3. The van der Waals surface area contributed by atoms with E-state index in [-0.39, 0.29) is 23.0 Å². The number of nitrogens with zero attached hydrogens (tertiary/aromatic N) is 2. The second-order valence-corrected chi connectivity index (χ2v) is 9.53. The molecule has 0 aromatic heterocycles. The zero-order valence-corrected chi connectivity index (χ0v) is 17.5. The van der Waals surface area contributed by atoms with Crippen molar-refractivity contribution in [2.45, 2.75) is 36.5 Å². The summed E-state index contributed by atoms with van der Waals surface area (Å²) in [6, 6.07) is 10.7. The van der Waals surface area contributed by atoms with Gasteiger partial charge in [0.1, 0.15) is 5.82 Å². The molecule has 0 spiro atoms. The Morgan fingerprint density at radius 2 is 2.00 bits per heavy atom. The fourth-order valence-corrected chi connectivity index (χ4v) is 5.76. The maximum absolute atomic E-state index is 14.3. The third kappa shape index (κ3) is 4.03. The number of carbonyl (C=O) groups is 1. The highest BCUT2D eigenvalue weighted by molar-refractivity contribution is 7.99. The maximum atomic E-state index is 14.3. The molecule has 1 aliphatic rings. The lowest BCUT2D eigenvalue weighted by Gasteiger charge is -2.26. The molecule has 150 valence electrons. The maximum Gasteiger partial charge on any atom is 0.264 e. The largest absolute Gasteiger partial charge is 0.311 e. The summed E-state index contributed by atoms with van der Waals surface area (Å²) < 4.78 is 42.2. The third-order valence-electron chi connectivity index (χ3n) is 4.52. The Balaban J connectivity index is 2.10. The summed E-state index contributed by atoms with van der Waals surface area (Å²) in [6.45, 7) is 4.02. The lowest BCUT2D eigenvalue weighted by atomic mass is 10.2. The third-order valence-corrected chi connectivity index (χ3v) is 7.48. The second-order valence-electron chi connectivity index (χ2n) is 6.53. The molecular formula is C20H23FN2O3S2. The van der Waals surface area contributed by atoms with Gasteiger partial charge in [-0.25, -0.2) is 12.8 Å². The molecule has 0 aliphatic carbocycles. The van der Waals surface area contributed by atoms with Crippen LogP contribution in [-0.2, 0) is 14.8 Å². The summed E-state index contributed by atoms with van der Waals surface area (Å²) >= 11 is 1.61. The minimum atomic E-state index is -3.99. The highest BCUT2D eigenvalue weighted by Gasteiger charge is 2.29. The van der Waals surface area contributed by atoms with Crippen LogP contribution in [0.15, 0.2) is 52.3 Å². The summed E-state index contributed by atoms with van der Waals surface area (Å²) in [5.74, 6) is 0.146. The molecule has 2 aromatic carbocycles. The number of sulfonamides is 1. The Kier molecular flexibility index (Phi) is 6.30. The van der Waals surface area contributed by atoms with E-state index in [4.69, 9.17) is 0 Å². The molecule has 0 saturated heterocycles. The van der Waals surface area contributed by atoms with Crippen molar-refractivity contribution in [3.63, 3.8) is 0 Å². The van der Waals surface area contributed by atoms with E-state index in [1.165, 1.54) is 37.3 Å². The molecule has 0 N–H and O–H groups in total. The van der Waals surface area contributed by atoms with Crippen molar-refractivity contribution in [3.05, 3.63) is 48.3 Å². The van der Waals surface area contributed by atoms with Gasteiger partial charge in [-0.3, -0.25) is 9.10 Å². The van der Waals surface area contributed by atoms with Crippen LogP contribution in [0, 0.1) is 5.82 Å². The molecule has 1 heterocycles. The molecule has 3 rings (SSSR count). The van der Waals surface area contributed by atoms with Gasteiger partial charge in [0.05, 0.1) is 16.3 Å². The van der Waals surface area contributed by atoms with Gasteiger partial charge in [0.2, 0.25) is 5.91 Å². The fourth-order valence-electron chi connectivity index (χ4n) is 3.20. The number of carbonyl (C=O) groups excluding carboxylic acids is 1. The molecule has 2 aromatic rings. The normalized spacial score (nSPS) is 14.3. The zero-order valence-electron chi connectivity index (χ0n) is 15.9. The Hall–Kier alpha value is -2.06. The molecule has 0 unspecified atom stereocenters. The molecule has 5 nitrogen and oxygen atoms in total. The van der Waals surface area contributed by atoms with E-state index in [0.717, 1.165) is 21.4 Å². The van der Waals surface area contributed by atoms with Crippen LogP contribution in [0.25, 0.3) is 0 Å². The van der Waals surface area contributed by atoms with Crippen molar-refractivity contribution in [2.75, 3.05) is 28.0 Å². The van der Waals surface area contributed by atoms with Crippen LogP contribution in [0.5, 0.6) is 0 Å². The molecule has 1 amide bonds. The van der Waals surface area contributed by atoms with Crippen molar-refractivity contribution in [1.29, 1.82) is 0 Å². The van der Waals surface area contributed by atoms with Crippen molar-refractivity contribution >= 4 is 39.1 Å². The van der Waals surface area contributed by atoms with Gasteiger partial charge in [-0.2, -0.15) is 0 Å². The molecule has 0 atom stereocenters. The predicted octanol–water partition coefficient (Wildman–Crippen LogP) is 4.28. The van der Waals surface area contributed by atoms with Gasteiger partial charge in [0.25, 0.3) is 10.0 Å². The van der Waals surface area contributed by atoms with E-state index in [2.05, 4.69) is 0 Å². The summed E-state index contributed by atoms with van der Waals surface area (Å²) in [5.41, 5.74) is 0.623. The molecule has 1 aliphatic heterocycles. The van der Waals surface area contributed by atoms with Crippen LogP contribution in [0.4, 0.5) is 15.8 Å². The number of halogens is 1. The summed E-state index contributed by atoms with van der Waals surface area (Å²) in [6.07, 6.45) is 1.37. The van der Waals surface area contributed by atoms with E-state index in [9.17, 15) is 17.6 Å². The summed E-state index contributed by atoms with van der Waals surface area (Å²) in [4.78, 5) is 14.6. The number of benzene rings is 2. The van der Waals surface area contributed by atoms with Crippen LogP contribution in [0.1, 0.15) is 26.7 Å². The quantitative estimate of drug-likeness (QED) is 0.722. The number of anilines is 2. The minimum Gasteiger partial charge on any atom is -0.311 e. The highest BCUT2D eigenvalue weighted by Crippen LogP contribution is 2.37. The molecule has 0 bridgehead atoms. The summed E-state index contributed by atoms with van der Waals surface area (Å²) in [7, 11) is -3.99. The van der Waals surface area contributed by atoms with Gasteiger partial charge >= 0.3 is 0 Å². The van der Waals surface area contributed by atoms with Crippen LogP contribution in [0.2, 0.25) is 0 Å². The molecule has 0 fully saturated rings. The van der Waals surface area contributed by atoms with E-state index in [1.807, 2.05) is 6.92 Å². The smallest absolute Gasteiger partial charge is 0.264 e. The topological polar surface area (TPSA) is 57.7 Å². The first kappa shape index (κ1) is 20.7. The van der Waals surface area contributed by atoms with Crippen molar-refractivity contribution in [2.24, 2.45) is 0 Å². The number of rotatable bonds is 5. The van der Waals surface area contributed by atoms with Crippen LogP contribution < -0.4 is 9.21 Å². The minimum absolute atomic E-state index is 0.0251. The van der Waals surface area contributed by atoms with Gasteiger partial charge in [-0.1, -0.05) is 19.1 Å². The van der Waals surface area contributed by atoms with Crippen LogP contribution in [-0.4, -0.2) is 33.2 Å². The van der Waals surface area contributed by atoms with Crippen LogP contribution in [0.3, 0.4) is 0 Å². The first-order valence-electron chi connectivity index (χ1n) is 9.18. The molecule has 0 saturated carbocycles. The SMILES string of the molecule is CCCN(c1ccccc1F)S(=O)(=O)c1ccc2c(c1)N(C(C)=O)CCCS2. The number of hydrogen-bond acceptors (Lipinski definition) is 4. The average Bonchev–Trinajstić information content (AvgIpc) is 2.88. The van der Waals surface area contributed by atoms with Gasteiger partial charge in [-0.15, -0.1) is 11.8 Å². The second kappa shape index (κ2) is 8.53. The Bertz CT molecular complexity index is 979. The number of para-hydroxylation sites is 1. The fraction of sp³-hybridized carbons (Fsp3) is 0.350. The Morgan fingerprint density at radius 3 is 2.68 bits per heavy atom. The summed E-state index contributed by atoms with van der Waals surface area (Å²) in [5, 5.41) is 0. The Morgan fingerprint density at radius 1 is 1.25 bits per heavy atom. The number of amides is 1. The first-order chi connectivity index (χ1) is 13.4. The Labute approximate surface area is 169 Å². The highest BCUT2D eigenvalue weighted by atomic mass is 32.2. The van der Waals surface area contributed by atoms with Gasteiger partial charge in [0, 0.05) is 24.9 Å². The van der Waals surface area contributed by atoms with Gasteiger partial charge < -0.3 is 4.90 Å². The van der Waals surface area contributed by atoms with E-state index >= 15 is 0 Å². The molecule has 8 heteroatoms. The first-order valence-corrected chi connectivity index (χ1v) is 11.6. The lowest BCUT2D eigenvalue weighted by Crippen LogP contribution is -2.33. The lowest BCUT2D eigenvalue weighted by molar-refractivity contribution is -0.116.